The fraction of sp³-hybridized carbons (Fsp3) is 0.679. The maximum Gasteiger partial charge on any atom is 0.311 e. The van der Waals surface area contributed by atoms with E-state index >= 15 is 0 Å². The van der Waals surface area contributed by atoms with Crippen molar-refractivity contribution >= 4 is 23.5 Å². The van der Waals surface area contributed by atoms with Crippen molar-refractivity contribution in [3.05, 3.63) is 29.8 Å². The molecular formula is C28H38N2O4. The van der Waals surface area contributed by atoms with Gasteiger partial charge in [0.05, 0.1) is 5.92 Å². The number of nitrogens with one attached hydrogen (secondary N) is 1. The normalized spacial score (nSPS) is 32.6. The van der Waals surface area contributed by atoms with Crippen molar-refractivity contribution in [1.29, 1.82) is 0 Å². The molecule has 6 rings (SSSR count). The van der Waals surface area contributed by atoms with Gasteiger partial charge in [-0.15, -0.1) is 0 Å². The molecule has 2 atom stereocenters. The fourth-order valence-electron chi connectivity index (χ4n) is 7.57. The molecule has 0 radical (unpaired) electrons. The van der Waals surface area contributed by atoms with Crippen LogP contribution in [0.5, 0.6) is 0 Å². The average Bonchev–Trinajstić information content (AvgIpc) is 3.21. The van der Waals surface area contributed by atoms with Gasteiger partial charge in [0, 0.05) is 25.2 Å². The van der Waals surface area contributed by atoms with Crippen molar-refractivity contribution in [2.45, 2.75) is 71.1 Å². The van der Waals surface area contributed by atoms with Crippen LogP contribution in [-0.4, -0.2) is 37.5 Å². The van der Waals surface area contributed by atoms with Gasteiger partial charge in [-0.3, -0.25) is 14.4 Å². The Labute approximate surface area is 202 Å². The van der Waals surface area contributed by atoms with Crippen LogP contribution in [0.15, 0.2) is 24.3 Å². The first-order valence-electron chi connectivity index (χ1n) is 13.2. The lowest BCUT2D eigenvalue weighted by Crippen LogP contribution is -2.51. The molecule has 5 fully saturated rings. The molecule has 2 amide bonds. The van der Waals surface area contributed by atoms with Gasteiger partial charge in [-0.2, -0.15) is 0 Å². The van der Waals surface area contributed by atoms with Crippen LogP contribution in [0.3, 0.4) is 0 Å². The Kier molecular flexibility index (Phi) is 6.43. The Morgan fingerprint density at radius 2 is 1.76 bits per heavy atom. The summed E-state index contributed by atoms with van der Waals surface area (Å²) in [7, 11) is 0. The SMILES string of the molecule is CC[C@@H](C)c1ccccc1N1C[C@H](C(=O)OCC(=O)NCC23CC4CC(CC(C4)C2)C3)CC1=O. The highest BCUT2D eigenvalue weighted by Gasteiger charge is 2.50. The zero-order valence-electron chi connectivity index (χ0n) is 20.6. The molecule has 34 heavy (non-hydrogen) atoms. The van der Waals surface area contributed by atoms with Crippen LogP contribution >= 0.6 is 0 Å². The molecule has 5 aliphatic rings. The van der Waals surface area contributed by atoms with Gasteiger partial charge in [-0.1, -0.05) is 32.0 Å². The van der Waals surface area contributed by atoms with Crippen molar-refractivity contribution in [2.24, 2.45) is 29.1 Å². The van der Waals surface area contributed by atoms with Gasteiger partial charge in [0.25, 0.3) is 5.91 Å². The third-order valence-electron chi connectivity index (χ3n) is 9.00. The maximum atomic E-state index is 12.7. The third-order valence-corrected chi connectivity index (χ3v) is 9.00. The first kappa shape index (κ1) is 23.4. The molecule has 1 aromatic rings. The highest BCUT2D eigenvalue weighted by atomic mass is 16.5. The van der Waals surface area contributed by atoms with Crippen LogP contribution in [0.25, 0.3) is 0 Å². The zero-order valence-corrected chi connectivity index (χ0v) is 20.6. The van der Waals surface area contributed by atoms with E-state index in [1.54, 1.807) is 4.90 Å². The van der Waals surface area contributed by atoms with E-state index in [1.807, 2.05) is 18.2 Å². The molecule has 1 aliphatic heterocycles. The van der Waals surface area contributed by atoms with Crippen LogP contribution < -0.4 is 10.2 Å². The molecule has 1 N–H and O–H groups in total. The number of hydrogen-bond acceptors (Lipinski definition) is 4. The number of nitrogens with zero attached hydrogens (tertiary/aromatic N) is 1. The number of esters is 1. The van der Waals surface area contributed by atoms with Gasteiger partial charge in [-0.25, -0.2) is 0 Å². The summed E-state index contributed by atoms with van der Waals surface area (Å²) >= 11 is 0. The molecule has 4 bridgehead atoms. The summed E-state index contributed by atoms with van der Waals surface area (Å²) in [6.45, 7) is 5.02. The molecule has 4 aliphatic carbocycles. The molecule has 4 saturated carbocycles. The highest BCUT2D eigenvalue weighted by molar-refractivity contribution is 6.00. The Morgan fingerprint density at radius 3 is 2.41 bits per heavy atom. The topological polar surface area (TPSA) is 75.7 Å². The molecule has 6 nitrogen and oxygen atoms in total. The second-order valence-corrected chi connectivity index (χ2v) is 11.6. The number of rotatable bonds is 8. The minimum absolute atomic E-state index is 0.0658. The summed E-state index contributed by atoms with van der Waals surface area (Å²) in [6.07, 6.45) is 8.94. The number of benzene rings is 1. The summed E-state index contributed by atoms with van der Waals surface area (Å²) in [5.41, 5.74) is 2.26. The van der Waals surface area contributed by atoms with Crippen LogP contribution in [0.1, 0.15) is 76.7 Å². The van der Waals surface area contributed by atoms with Crippen molar-refractivity contribution < 1.29 is 19.1 Å². The molecule has 6 heteroatoms. The Hall–Kier alpha value is -2.37. The quantitative estimate of drug-likeness (QED) is 0.575. The van der Waals surface area contributed by atoms with E-state index in [4.69, 9.17) is 4.74 Å². The van der Waals surface area contributed by atoms with E-state index in [0.717, 1.165) is 35.4 Å². The summed E-state index contributed by atoms with van der Waals surface area (Å²) in [4.78, 5) is 39.6. The molecule has 0 aromatic heterocycles. The lowest BCUT2D eigenvalue weighted by Gasteiger charge is -2.56. The van der Waals surface area contributed by atoms with E-state index in [-0.39, 0.29) is 30.3 Å². The van der Waals surface area contributed by atoms with E-state index in [2.05, 4.69) is 25.2 Å². The number of carbonyl (C=O) groups is 3. The molecule has 184 valence electrons. The van der Waals surface area contributed by atoms with Crippen molar-refractivity contribution in [3.63, 3.8) is 0 Å². The molecule has 1 heterocycles. The smallest absolute Gasteiger partial charge is 0.311 e. The van der Waals surface area contributed by atoms with Gasteiger partial charge < -0.3 is 15.0 Å². The molecule has 1 saturated heterocycles. The molecular weight excluding hydrogens is 428 g/mol. The van der Waals surface area contributed by atoms with E-state index in [0.29, 0.717) is 19.0 Å². The monoisotopic (exact) mass is 466 g/mol. The summed E-state index contributed by atoms with van der Waals surface area (Å²) in [6, 6.07) is 7.91. The predicted octanol–water partition coefficient (Wildman–Crippen LogP) is 4.43. The number of para-hydroxylation sites is 1. The first-order chi connectivity index (χ1) is 16.4. The molecule has 1 aromatic carbocycles. The number of anilines is 1. The second kappa shape index (κ2) is 9.35. The number of ether oxygens (including phenoxy) is 1. The van der Waals surface area contributed by atoms with E-state index < -0.39 is 11.9 Å². The molecule has 0 spiro atoms. The summed E-state index contributed by atoms with van der Waals surface area (Å²) < 4.78 is 5.36. The standard InChI is InChI=1S/C28H38N2O4/c1-3-18(2)23-6-4-5-7-24(23)30-15-22(11-26(30)32)27(33)34-16-25(31)29-17-28-12-19-8-20(13-28)10-21(9-19)14-28/h4-7,18-22H,3,8-17H2,1-2H3,(H,29,31)/t18-,19?,20?,21?,22-,28?/m1/s1. The van der Waals surface area contributed by atoms with Crippen LogP contribution in [0, 0.1) is 29.1 Å². The Bertz CT molecular complexity index is 922. The third kappa shape index (κ3) is 4.60. The van der Waals surface area contributed by atoms with Gasteiger partial charge in [0.15, 0.2) is 6.61 Å². The minimum atomic E-state index is -0.534. The van der Waals surface area contributed by atoms with Gasteiger partial charge in [-0.05, 0) is 85.7 Å². The van der Waals surface area contributed by atoms with E-state index in [9.17, 15) is 14.4 Å². The number of carbonyl (C=O) groups excluding carboxylic acids is 3. The van der Waals surface area contributed by atoms with Crippen molar-refractivity contribution in [1.82, 2.24) is 5.32 Å². The minimum Gasteiger partial charge on any atom is -0.455 e. The fourth-order valence-corrected chi connectivity index (χ4v) is 7.57. The van der Waals surface area contributed by atoms with Crippen molar-refractivity contribution in [3.8, 4) is 0 Å². The van der Waals surface area contributed by atoms with Gasteiger partial charge >= 0.3 is 5.97 Å². The summed E-state index contributed by atoms with van der Waals surface area (Å²) in [5, 5.41) is 3.06. The Morgan fingerprint density at radius 1 is 1.12 bits per heavy atom. The second-order valence-electron chi connectivity index (χ2n) is 11.6. The Balaban J connectivity index is 1.12. The highest BCUT2D eigenvalue weighted by Crippen LogP contribution is 2.59. The van der Waals surface area contributed by atoms with Gasteiger partial charge in [0.2, 0.25) is 5.91 Å². The average molecular weight is 467 g/mol. The zero-order chi connectivity index (χ0) is 23.9. The van der Waals surface area contributed by atoms with Crippen LogP contribution in [0.2, 0.25) is 0 Å². The van der Waals surface area contributed by atoms with Crippen LogP contribution in [0.4, 0.5) is 5.69 Å². The molecule has 0 unspecified atom stereocenters. The largest absolute Gasteiger partial charge is 0.455 e. The summed E-state index contributed by atoms with van der Waals surface area (Å²) in [5.74, 6) is 1.57. The number of amides is 2. The van der Waals surface area contributed by atoms with E-state index in [1.165, 1.54) is 38.5 Å². The first-order valence-corrected chi connectivity index (χ1v) is 13.2. The predicted molar refractivity (Wildman–Crippen MR) is 130 cm³/mol. The lowest BCUT2D eigenvalue weighted by atomic mass is 9.49. The van der Waals surface area contributed by atoms with Crippen LogP contribution in [-0.2, 0) is 19.1 Å². The van der Waals surface area contributed by atoms with Crippen molar-refractivity contribution in [2.75, 3.05) is 24.6 Å². The number of hydrogen-bond donors (Lipinski definition) is 1. The maximum absolute atomic E-state index is 12.7. The lowest BCUT2D eigenvalue weighted by molar-refractivity contribution is -0.152. The van der Waals surface area contributed by atoms with Gasteiger partial charge in [0.1, 0.15) is 0 Å².